The first-order chi connectivity index (χ1) is 7.77. The van der Waals surface area contributed by atoms with Crippen LogP contribution in [0.5, 0.6) is 0 Å². The summed E-state index contributed by atoms with van der Waals surface area (Å²) in [4.78, 5) is 10.2. The molecule has 0 saturated carbocycles. The lowest BCUT2D eigenvalue weighted by atomic mass is 10.1. The Morgan fingerprint density at radius 3 is 1.94 bits per heavy atom. The Balaban J connectivity index is 2.90. The summed E-state index contributed by atoms with van der Waals surface area (Å²) < 4.78 is 0. The lowest BCUT2D eigenvalue weighted by molar-refractivity contribution is 0.222. The van der Waals surface area contributed by atoms with Gasteiger partial charge in [-0.25, -0.2) is 4.79 Å². The van der Waals surface area contributed by atoms with Crippen LogP contribution < -0.4 is 0 Å². The first kappa shape index (κ1) is 16.2. The van der Waals surface area contributed by atoms with E-state index >= 15 is 0 Å². The van der Waals surface area contributed by atoms with E-state index in [-0.39, 0.29) is 0 Å². The van der Waals surface area contributed by atoms with Crippen molar-refractivity contribution in [1.82, 2.24) is 0 Å². The second-order valence-electron chi connectivity index (χ2n) is 4.00. The van der Waals surface area contributed by atoms with Gasteiger partial charge in [0.25, 0.3) is 0 Å². The van der Waals surface area contributed by atoms with Crippen molar-refractivity contribution in [2.45, 2.75) is 64.7 Å². The zero-order chi connectivity index (χ0) is 12.1. The largest absolute Gasteiger partial charge is 0.473 e. The molecule has 0 aliphatic carbocycles. The SMILES string of the molecule is CCCCCCCCCCCSSC(=O)O. The predicted octanol–water partition coefficient (Wildman–Crippen LogP) is 5.58. The molecule has 0 aliphatic heterocycles. The highest BCUT2D eigenvalue weighted by atomic mass is 33.1. The molecule has 0 radical (unpaired) electrons. The van der Waals surface area contributed by atoms with Gasteiger partial charge in [0.05, 0.1) is 0 Å². The van der Waals surface area contributed by atoms with Crippen molar-refractivity contribution in [3.05, 3.63) is 0 Å². The molecule has 1 N–H and O–H groups in total. The number of carboxylic acid groups (broad SMARTS) is 1. The highest BCUT2D eigenvalue weighted by molar-refractivity contribution is 8.82. The van der Waals surface area contributed by atoms with Crippen LogP contribution in [-0.4, -0.2) is 16.2 Å². The van der Waals surface area contributed by atoms with Crippen molar-refractivity contribution in [3.8, 4) is 0 Å². The fraction of sp³-hybridized carbons (Fsp3) is 0.917. The maximum absolute atomic E-state index is 10.2. The van der Waals surface area contributed by atoms with Gasteiger partial charge in [0.2, 0.25) is 0 Å². The molecule has 0 aromatic heterocycles. The first-order valence-corrected chi connectivity index (χ1v) is 8.61. The predicted molar refractivity (Wildman–Crippen MR) is 75.3 cm³/mol. The van der Waals surface area contributed by atoms with E-state index in [0.29, 0.717) is 0 Å². The van der Waals surface area contributed by atoms with Crippen molar-refractivity contribution < 1.29 is 9.90 Å². The van der Waals surface area contributed by atoms with E-state index in [1.165, 1.54) is 62.2 Å². The summed E-state index contributed by atoms with van der Waals surface area (Å²) in [5.74, 6) is 0.965. The summed E-state index contributed by atoms with van der Waals surface area (Å²) in [6.45, 7) is 2.24. The molecule has 0 fully saturated rings. The lowest BCUT2D eigenvalue weighted by Gasteiger charge is -2.01. The van der Waals surface area contributed by atoms with E-state index in [4.69, 9.17) is 5.11 Å². The number of unbranched alkanes of at least 4 members (excludes halogenated alkanes) is 8. The molecule has 0 bridgehead atoms. The highest BCUT2D eigenvalue weighted by Gasteiger charge is 1.97. The molecule has 0 aromatic rings. The topological polar surface area (TPSA) is 37.3 Å². The maximum atomic E-state index is 10.2. The zero-order valence-electron chi connectivity index (χ0n) is 10.2. The molecule has 0 aromatic carbocycles. The Hall–Kier alpha value is 0.170. The molecule has 16 heavy (non-hydrogen) atoms. The van der Waals surface area contributed by atoms with Gasteiger partial charge in [0.15, 0.2) is 0 Å². The van der Waals surface area contributed by atoms with Gasteiger partial charge in [-0.3, -0.25) is 0 Å². The molecule has 0 aliphatic rings. The minimum absolute atomic E-state index is 0.777. The van der Waals surface area contributed by atoms with Crippen LogP contribution in [0.3, 0.4) is 0 Å². The van der Waals surface area contributed by atoms with E-state index in [2.05, 4.69) is 6.92 Å². The minimum Gasteiger partial charge on any atom is -0.473 e. The summed E-state index contributed by atoms with van der Waals surface area (Å²) in [5.41, 5.74) is 0. The Bertz CT molecular complexity index is 163. The number of hydrogen-bond donors (Lipinski definition) is 1. The normalized spacial score (nSPS) is 10.6. The zero-order valence-corrected chi connectivity index (χ0v) is 11.9. The Morgan fingerprint density at radius 2 is 1.44 bits per heavy atom. The van der Waals surface area contributed by atoms with Crippen LogP contribution in [0.1, 0.15) is 64.7 Å². The smallest absolute Gasteiger partial charge is 0.375 e. The van der Waals surface area contributed by atoms with E-state index in [0.717, 1.165) is 23.0 Å². The van der Waals surface area contributed by atoms with Crippen molar-refractivity contribution in [2.24, 2.45) is 0 Å². The van der Waals surface area contributed by atoms with Gasteiger partial charge in [0.1, 0.15) is 0 Å². The molecule has 0 atom stereocenters. The van der Waals surface area contributed by atoms with E-state index in [1.54, 1.807) is 0 Å². The molecule has 0 saturated heterocycles. The van der Waals surface area contributed by atoms with Crippen LogP contribution in [0, 0.1) is 0 Å². The third-order valence-electron chi connectivity index (χ3n) is 2.46. The molecule has 0 unspecified atom stereocenters. The van der Waals surface area contributed by atoms with Crippen molar-refractivity contribution in [3.63, 3.8) is 0 Å². The molecule has 0 heterocycles. The third kappa shape index (κ3) is 14.2. The molecule has 0 rings (SSSR count). The van der Waals surface area contributed by atoms with Crippen LogP contribution in [0.15, 0.2) is 0 Å². The van der Waals surface area contributed by atoms with Crippen molar-refractivity contribution in [2.75, 3.05) is 5.75 Å². The van der Waals surface area contributed by atoms with Gasteiger partial charge in [0, 0.05) is 16.5 Å². The maximum Gasteiger partial charge on any atom is 0.375 e. The monoisotopic (exact) mass is 264 g/mol. The van der Waals surface area contributed by atoms with Crippen LogP contribution in [0.4, 0.5) is 4.79 Å². The van der Waals surface area contributed by atoms with Crippen molar-refractivity contribution in [1.29, 1.82) is 0 Å². The lowest BCUT2D eigenvalue weighted by Crippen LogP contribution is -1.84. The van der Waals surface area contributed by atoms with Gasteiger partial charge in [-0.1, -0.05) is 69.1 Å². The average molecular weight is 264 g/mol. The Kier molecular flexibility index (Phi) is 13.4. The fourth-order valence-electron chi connectivity index (χ4n) is 1.56. The Labute approximate surface area is 107 Å². The molecule has 96 valence electrons. The molecular weight excluding hydrogens is 240 g/mol. The third-order valence-corrected chi connectivity index (χ3v) is 4.46. The van der Waals surface area contributed by atoms with Gasteiger partial charge in [-0.15, -0.1) is 0 Å². The number of hydrogen-bond acceptors (Lipinski definition) is 3. The minimum atomic E-state index is -0.777. The molecule has 0 amide bonds. The van der Waals surface area contributed by atoms with Gasteiger partial charge < -0.3 is 5.11 Å². The first-order valence-electron chi connectivity index (χ1n) is 6.29. The standard InChI is InChI=1S/C12H24O2S2/c1-2-3-4-5-6-7-8-9-10-11-15-16-12(13)14/h2-11H2,1H3,(H,13,14). The summed E-state index contributed by atoms with van der Waals surface area (Å²) in [6, 6.07) is 0. The van der Waals surface area contributed by atoms with E-state index in [1.807, 2.05) is 0 Å². The second-order valence-corrected chi connectivity index (χ2v) is 6.37. The van der Waals surface area contributed by atoms with Crippen LogP contribution >= 0.6 is 21.6 Å². The van der Waals surface area contributed by atoms with Crippen LogP contribution in [-0.2, 0) is 0 Å². The molecule has 0 spiro atoms. The fourth-order valence-corrected chi connectivity index (χ4v) is 2.98. The Morgan fingerprint density at radius 1 is 0.938 bits per heavy atom. The number of rotatable bonds is 11. The summed E-state index contributed by atoms with van der Waals surface area (Å²) in [5, 5.41) is 7.62. The quantitative estimate of drug-likeness (QED) is 0.390. The molecule has 4 heteroatoms. The van der Waals surface area contributed by atoms with Crippen LogP contribution in [0.25, 0.3) is 0 Å². The van der Waals surface area contributed by atoms with Gasteiger partial charge >= 0.3 is 5.30 Å². The van der Waals surface area contributed by atoms with E-state index < -0.39 is 5.30 Å². The molecular formula is C12H24O2S2. The second kappa shape index (κ2) is 13.2. The van der Waals surface area contributed by atoms with Gasteiger partial charge in [-0.05, 0) is 6.42 Å². The van der Waals surface area contributed by atoms with Crippen molar-refractivity contribution >= 4 is 26.9 Å². The average Bonchev–Trinajstić information content (AvgIpc) is 2.25. The molecule has 2 nitrogen and oxygen atoms in total. The summed E-state index contributed by atoms with van der Waals surface area (Å²) in [7, 11) is 2.40. The highest BCUT2D eigenvalue weighted by Crippen LogP contribution is 2.23. The number of carbonyl (C=O) groups is 1. The van der Waals surface area contributed by atoms with Gasteiger partial charge in [-0.2, -0.15) is 0 Å². The van der Waals surface area contributed by atoms with Crippen LogP contribution in [0.2, 0.25) is 0 Å². The summed E-state index contributed by atoms with van der Waals surface area (Å²) in [6.07, 6.45) is 11.9. The van der Waals surface area contributed by atoms with E-state index in [9.17, 15) is 4.79 Å². The summed E-state index contributed by atoms with van der Waals surface area (Å²) >= 11 is 0.